The highest BCUT2D eigenvalue weighted by Crippen LogP contribution is 2.43. The zero-order valence-electron chi connectivity index (χ0n) is 17.0. The number of benzene rings is 4. The molecule has 0 saturated carbocycles. The van der Waals surface area contributed by atoms with E-state index in [1.165, 1.54) is 5.39 Å². The zero-order valence-corrected chi connectivity index (χ0v) is 17.0. The average molecular weight is 405 g/mol. The van der Waals surface area contributed by atoms with E-state index in [-0.39, 0.29) is 6.79 Å². The summed E-state index contributed by atoms with van der Waals surface area (Å²) in [6.07, 6.45) is 0. The van der Waals surface area contributed by atoms with Gasteiger partial charge in [-0.25, -0.2) is 4.98 Å². The molecule has 0 saturated heterocycles. The lowest BCUT2D eigenvalue weighted by Crippen LogP contribution is -1.97. The van der Waals surface area contributed by atoms with Crippen molar-refractivity contribution in [1.29, 1.82) is 0 Å². The van der Waals surface area contributed by atoms with Crippen LogP contribution in [0.1, 0.15) is 5.56 Å². The molecule has 2 heterocycles. The summed E-state index contributed by atoms with van der Waals surface area (Å²) in [5.74, 6) is 2.98. The Balaban J connectivity index is 1.56. The Bertz CT molecular complexity index is 1440. The molecule has 4 nitrogen and oxygen atoms in total. The first-order valence-corrected chi connectivity index (χ1v) is 10.2. The Morgan fingerprint density at radius 3 is 2.35 bits per heavy atom. The van der Waals surface area contributed by atoms with Crippen LogP contribution in [-0.4, -0.2) is 11.8 Å². The number of aryl methyl sites for hydroxylation is 1. The van der Waals surface area contributed by atoms with Crippen molar-refractivity contribution in [3.8, 4) is 34.3 Å². The fourth-order valence-electron chi connectivity index (χ4n) is 4.06. The van der Waals surface area contributed by atoms with Gasteiger partial charge in [-0.3, -0.25) is 0 Å². The molecule has 0 unspecified atom stereocenters. The van der Waals surface area contributed by atoms with Gasteiger partial charge in [-0.2, -0.15) is 0 Å². The number of hydrogen-bond acceptors (Lipinski definition) is 4. The molecule has 1 aromatic heterocycles. The second-order valence-corrected chi connectivity index (χ2v) is 7.61. The highest BCUT2D eigenvalue weighted by molar-refractivity contribution is 5.92. The summed E-state index contributed by atoms with van der Waals surface area (Å²) < 4.78 is 17.7. The maximum absolute atomic E-state index is 6.50. The first-order valence-electron chi connectivity index (χ1n) is 10.2. The minimum atomic E-state index is 0.233. The number of fused-ring (bicyclic) bond motifs is 3. The molecule has 5 aromatic rings. The van der Waals surface area contributed by atoms with Crippen molar-refractivity contribution < 1.29 is 14.2 Å². The number of pyridine rings is 1. The lowest BCUT2D eigenvalue weighted by atomic mass is 10.0. The third-order valence-corrected chi connectivity index (χ3v) is 5.67. The molecule has 31 heavy (non-hydrogen) atoms. The van der Waals surface area contributed by atoms with Crippen LogP contribution in [0.25, 0.3) is 32.9 Å². The van der Waals surface area contributed by atoms with Gasteiger partial charge in [0.25, 0.3) is 0 Å². The van der Waals surface area contributed by atoms with Gasteiger partial charge in [-0.15, -0.1) is 0 Å². The van der Waals surface area contributed by atoms with Gasteiger partial charge in [0, 0.05) is 22.6 Å². The van der Waals surface area contributed by atoms with E-state index < -0.39 is 0 Å². The van der Waals surface area contributed by atoms with Gasteiger partial charge >= 0.3 is 0 Å². The largest absolute Gasteiger partial charge is 0.455 e. The first-order chi connectivity index (χ1) is 15.3. The molecule has 0 radical (unpaired) electrons. The van der Waals surface area contributed by atoms with E-state index in [2.05, 4.69) is 31.2 Å². The van der Waals surface area contributed by atoms with Crippen LogP contribution in [0.5, 0.6) is 23.0 Å². The average Bonchev–Trinajstić information content (AvgIpc) is 3.28. The van der Waals surface area contributed by atoms with Crippen molar-refractivity contribution in [2.24, 2.45) is 0 Å². The molecular formula is C27H19NO3. The molecule has 4 aromatic carbocycles. The van der Waals surface area contributed by atoms with Gasteiger partial charge < -0.3 is 14.2 Å². The van der Waals surface area contributed by atoms with Crippen LogP contribution in [0, 0.1) is 6.92 Å². The Kier molecular flexibility index (Phi) is 4.03. The van der Waals surface area contributed by atoms with Crippen LogP contribution in [-0.2, 0) is 0 Å². The molecule has 0 spiro atoms. The molecule has 0 N–H and O–H groups in total. The SMILES string of the molecule is Cc1c(Oc2ccc3ccccc3c2)c(-c2ccccc2)nc2cc3c(cc12)OCO3. The van der Waals surface area contributed by atoms with Crippen molar-refractivity contribution in [3.05, 3.63) is 90.5 Å². The molecule has 0 aliphatic carbocycles. The number of rotatable bonds is 3. The van der Waals surface area contributed by atoms with E-state index in [1.807, 2.05) is 60.7 Å². The second-order valence-electron chi connectivity index (χ2n) is 7.61. The Morgan fingerprint density at radius 2 is 1.52 bits per heavy atom. The molecule has 6 rings (SSSR count). The number of ether oxygens (including phenoxy) is 3. The molecule has 4 heteroatoms. The van der Waals surface area contributed by atoms with E-state index in [0.29, 0.717) is 0 Å². The van der Waals surface area contributed by atoms with Crippen LogP contribution in [0.2, 0.25) is 0 Å². The molecule has 0 atom stereocenters. The van der Waals surface area contributed by atoms with E-state index in [9.17, 15) is 0 Å². The molecule has 0 bridgehead atoms. The van der Waals surface area contributed by atoms with Gasteiger partial charge in [-0.1, -0.05) is 60.7 Å². The van der Waals surface area contributed by atoms with Gasteiger partial charge in [0.05, 0.1) is 5.52 Å². The van der Waals surface area contributed by atoms with E-state index in [4.69, 9.17) is 19.2 Å². The summed E-state index contributed by atoms with van der Waals surface area (Å²) in [6, 6.07) is 28.5. The van der Waals surface area contributed by atoms with Crippen LogP contribution >= 0.6 is 0 Å². The zero-order chi connectivity index (χ0) is 20.8. The predicted molar refractivity (Wildman–Crippen MR) is 122 cm³/mol. The Labute approximate surface area is 179 Å². The number of aromatic nitrogens is 1. The van der Waals surface area contributed by atoms with Gasteiger partial charge in [-0.05, 0) is 35.9 Å². The molecule has 1 aliphatic heterocycles. The van der Waals surface area contributed by atoms with E-state index in [0.717, 1.165) is 56.1 Å². The van der Waals surface area contributed by atoms with Crippen LogP contribution in [0.15, 0.2) is 84.9 Å². The summed E-state index contributed by atoms with van der Waals surface area (Å²) in [5.41, 5.74) is 3.67. The fraction of sp³-hybridized carbons (Fsp3) is 0.0741. The van der Waals surface area contributed by atoms with Crippen LogP contribution in [0.4, 0.5) is 0 Å². The van der Waals surface area contributed by atoms with E-state index >= 15 is 0 Å². The standard InChI is InChI=1S/C27H19NO3/c1-17-22-14-24-25(30-16-29-24)15-23(22)28-26(19-8-3-2-4-9-19)27(17)31-21-12-11-18-7-5-6-10-20(18)13-21/h2-15H,16H2,1H3. The summed E-state index contributed by atoms with van der Waals surface area (Å²) in [7, 11) is 0. The highest BCUT2D eigenvalue weighted by atomic mass is 16.7. The summed E-state index contributed by atoms with van der Waals surface area (Å²) in [6.45, 7) is 2.30. The second kappa shape index (κ2) is 7.03. The normalized spacial score (nSPS) is 12.4. The minimum absolute atomic E-state index is 0.233. The van der Waals surface area contributed by atoms with Crippen molar-refractivity contribution in [2.75, 3.05) is 6.79 Å². The third-order valence-electron chi connectivity index (χ3n) is 5.67. The Hall–Kier alpha value is -4.05. The fourth-order valence-corrected chi connectivity index (χ4v) is 4.06. The van der Waals surface area contributed by atoms with Gasteiger partial charge in [0.1, 0.15) is 11.4 Å². The smallest absolute Gasteiger partial charge is 0.231 e. The number of nitrogens with zero attached hydrogens (tertiary/aromatic N) is 1. The summed E-state index contributed by atoms with van der Waals surface area (Å²) in [5, 5.41) is 3.30. The molecule has 0 fully saturated rings. The predicted octanol–water partition coefficient (Wildman–Crippen LogP) is 6.88. The molecule has 1 aliphatic rings. The van der Waals surface area contributed by atoms with E-state index in [1.54, 1.807) is 0 Å². The summed E-state index contributed by atoms with van der Waals surface area (Å²) >= 11 is 0. The van der Waals surface area contributed by atoms with Crippen LogP contribution in [0.3, 0.4) is 0 Å². The first kappa shape index (κ1) is 17.8. The van der Waals surface area contributed by atoms with Crippen molar-refractivity contribution >= 4 is 21.7 Å². The van der Waals surface area contributed by atoms with Gasteiger partial charge in [0.15, 0.2) is 17.2 Å². The molecule has 0 amide bonds. The highest BCUT2D eigenvalue weighted by Gasteiger charge is 2.21. The molecular weight excluding hydrogens is 386 g/mol. The monoisotopic (exact) mass is 405 g/mol. The maximum atomic E-state index is 6.50. The Morgan fingerprint density at radius 1 is 0.774 bits per heavy atom. The maximum Gasteiger partial charge on any atom is 0.231 e. The van der Waals surface area contributed by atoms with Crippen LogP contribution < -0.4 is 14.2 Å². The lowest BCUT2D eigenvalue weighted by Gasteiger charge is -2.16. The quantitative estimate of drug-likeness (QED) is 0.328. The minimum Gasteiger partial charge on any atom is -0.455 e. The van der Waals surface area contributed by atoms with Crippen molar-refractivity contribution in [2.45, 2.75) is 6.92 Å². The van der Waals surface area contributed by atoms with Gasteiger partial charge in [0.2, 0.25) is 6.79 Å². The van der Waals surface area contributed by atoms with Crippen molar-refractivity contribution in [1.82, 2.24) is 4.98 Å². The lowest BCUT2D eigenvalue weighted by molar-refractivity contribution is 0.174. The number of hydrogen-bond donors (Lipinski definition) is 0. The topological polar surface area (TPSA) is 40.6 Å². The third kappa shape index (κ3) is 3.04. The van der Waals surface area contributed by atoms with Crippen molar-refractivity contribution in [3.63, 3.8) is 0 Å². The summed E-state index contributed by atoms with van der Waals surface area (Å²) in [4.78, 5) is 4.98. The molecule has 150 valence electrons.